The molecular weight excluding hydrogens is 296 g/mol. The summed E-state index contributed by atoms with van der Waals surface area (Å²) in [6.45, 7) is 0. The summed E-state index contributed by atoms with van der Waals surface area (Å²) in [5.41, 5.74) is 2.30. The minimum Gasteiger partial charge on any atom is -0.477 e. The van der Waals surface area contributed by atoms with Crippen LogP contribution in [-0.2, 0) is 0 Å². The highest BCUT2D eigenvalue weighted by atomic mass is 35.5. The van der Waals surface area contributed by atoms with Crippen LogP contribution in [0.5, 0.6) is 0 Å². The van der Waals surface area contributed by atoms with E-state index in [0.29, 0.717) is 10.7 Å². The first kappa shape index (κ1) is 12.9. The number of aromatic carboxylic acids is 1. The average molecular weight is 305 g/mol. The minimum absolute atomic E-state index is 0.133. The largest absolute Gasteiger partial charge is 0.477 e. The van der Waals surface area contributed by atoms with E-state index in [4.69, 9.17) is 11.6 Å². The van der Waals surface area contributed by atoms with Crippen LogP contribution in [0.3, 0.4) is 0 Å². The molecule has 0 fully saturated rings. The lowest BCUT2D eigenvalue weighted by molar-refractivity contribution is 0.0687. The zero-order valence-corrected chi connectivity index (χ0v) is 11.7. The van der Waals surface area contributed by atoms with Gasteiger partial charge in [0.1, 0.15) is 0 Å². The van der Waals surface area contributed by atoms with E-state index in [1.165, 1.54) is 16.0 Å². The normalized spacial score (nSPS) is 10.7. The minimum atomic E-state index is -1.01. The van der Waals surface area contributed by atoms with E-state index in [9.17, 15) is 9.90 Å². The Morgan fingerprint density at radius 2 is 2.00 bits per heavy atom. The highest BCUT2D eigenvalue weighted by Gasteiger charge is 2.16. The molecule has 0 aliphatic rings. The van der Waals surface area contributed by atoms with Crippen molar-refractivity contribution in [3.8, 4) is 16.9 Å². The lowest BCUT2D eigenvalue weighted by atomic mass is 10.1. The second kappa shape index (κ2) is 5.11. The number of aromatic nitrogens is 2. The van der Waals surface area contributed by atoms with Crippen molar-refractivity contribution in [3.63, 3.8) is 0 Å². The molecule has 0 atom stereocenters. The number of nitrogens with zero attached hydrogens (tertiary/aromatic N) is 2. The first-order chi connectivity index (χ1) is 9.65. The van der Waals surface area contributed by atoms with Gasteiger partial charge in [0.25, 0.3) is 0 Å². The van der Waals surface area contributed by atoms with Crippen LogP contribution in [0.15, 0.2) is 47.2 Å². The summed E-state index contributed by atoms with van der Waals surface area (Å²) in [5.74, 6) is -1.01. The number of hydrogen-bond acceptors (Lipinski definition) is 3. The van der Waals surface area contributed by atoms with Gasteiger partial charge >= 0.3 is 5.97 Å². The summed E-state index contributed by atoms with van der Waals surface area (Å²) in [5, 5.41) is 18.0. The first-order valence-electron chi connectivity index (χ1n) is 5.77. The second-order valence-corrected chi connectivity index (χ2v) is 5.34. The fraction of sp³-hybridized carbons (Fsp3) is 0. The maximum Gasteiger partial charge on any atom is 0.354 e. The number of benzene rings is 1. The molecule has 0 unspecified atom stereocenters. The molecule has 0 bridgehead atoms. The Balaban J connectivity index is 2.12. The molecule has 0 spiro atoms. The van der Waals surface area contributed by atoms with Gasteiger partial charge in [0.05, 0.1) is 11.4 Å². The van der Waals surface area contributed by atoms with Crippen molar-refractivity contribution in [2.45, 2.75) is 0 Å². The molecule has 100 valence electrons. The van der Waals surface area contributed by atoms with Gasteiger partial charge in [-0.25, -0.2) is 9.48 Å². The zero-order chi connectivity index (χ0) is 14.1. The fourth-order valence-corrected chi connectivity index (χ4v) is 2.61. The van der Waals surface area contributed by atoms with Gasteiger partial charge in [0.15, 0.2) is 5.69 Å². The third-order valence-electron chi connectivity index (χ3n) is 2.82. The van der Waals surface area contributed by atoms with Crippen LogP contribution < -0.4 is 0 Å². The molecular formula is C14H9ClN2O2S. The van der Waals surface area contributed by atoms with E-state index >= 15 is 0 Å². The molecule has 0 aliphatic carbocycles. The van der Waals surface area contributed by atoms with Crippen molar-refractivity contribution in [3.05, 3.63) is 57.9 Å². The van der Waals surface area contributed by atoms with Gasteiger partial charge in [-0.1, -0.05) is 23.7 Å². The van der Waals surface area contributed by atoms with E-state index in [1.54, 1.807) is 18.2 Å². The molecule has 0 amide bonds. The summed E-state index contributed by atoms with van der Waals surface area (Å²) in [6.07, 6.45) is 0. The molecule has 6 heteroatoms. The van der Waals surface area contributed by atoms with E-state index in [0.717, 1.165) is 11.3 Å². The molecule has 3 aromatic rings. The molecule has 2 heterocycles. The monoisotopic (exact) mass is 304 g/mol. The van der Waals surface area contributed by atoms with Gasteiger partial charge in [0, 0.05) is 16.0 Å². The molecule has 20 heavy (non-hydrogen) atoms. The molecule has 2 aromatic heterocycles. The lowest BCUT2D eigenvalue weighted by Crippen LogP contribution is -2.06. The van der Waals surface area contributed by atoms with Crippen LogP contribution in [0.4, 0.5) is 0 Å². The Morgan fingerprint density at radius 3 is 2.60 bits per heavy atom. The molecule has 0 radical (unpaired) electrons. The Labute approximate surface area is 123 Å². The smallest absolute Gasteiger partial charge is 0.354 e. The van der Waals surface area contributed by atoms with Crippen molar-refractivity contribution in [2.75, 3.05) is 0 Å². The van der Waals surface area contributed by atoms with Crippen LogP contribution in [0.2, 0.25) is 5.02 Å². The van der Waals surface area contributed by atoms with Gasteiger partial charge in [-0.3, -0.25) is 0 Å². The lowest BCUT2D eigenvalue weighted by Gasteiger charge is -2.00. The Kier molecular flexibility index (Phi) is 3.30. The van der Waals surface area contributed by atoms with Gasteiger partial charge in [-0.05, 0) is 29.6 Å². The average Bonchev–Trinajstić information content (AvgIpc) is 3.08. The molecule has 3 rings (SSSR count). The third-order valence-corrected chi connectivity index (χ3v) is 3.74. The van der Waals surface area contributed by atoms with E-state index in [2.05, 4.69) is 5.10 Å². The zero-order valence-electron chi connectivity index (χ0n) is 10.2. The summed E-state index contributed by atoms with van der Waals surface area (Å²) >= 11 is 7.34. The maximum atomic E-state index is 11.3. The highest BCUT2D eigenvalue weighted by Crippen LogP contribution is 2.24. The molecule has 1 aromatic carbocycles. The van der Waals surface area contributed by atoms with Crippen LogP contribution in [0.25, 0.3) is 16.9 Å². The summed E-state index contributed by atoms with van der Waals surface area (Å²) in [4.78, 5) is 11.3. The SMILES string of the molecule is O=C(O)c1cc(-c2ccc(Cl)cc2)nn1-c1ccsc1. The number of halogens is 1. The van der Waals surface area contributed by atoms with Crippen molar-refractivity contribution in [1.82, 2.24) is 9.78 Å². The molecule has 0 aliphatic heterocycles. The van der Waals surface area contributed by atoms with Gasteiger partial charge < -0.3 is 5.11 Å². The second-order valence-electron chi connectivity index (χ2n) is 4.12. The standard InChI is InChI=1S/C14H9ClN2O2S/c15-10-3-1-9(2-4-10)12-7-13(14(18)19)17(16-12)11-5-6-20-8-11/h1-8H,(H,18,19). The van der Waals surface area contributed by atoms with E-state index in [1.807, 2.05) is 29.0 Å². The Morgan fingerprint density at radius 1 is 1.25 bits per heavy atom. The van der Waals surface area contributed by atoms with Crippen molar-refractivity contribution >= 4 is 28.9 Å². The predicted octanol–water partition coefficient (Wildman–Crippen LogP) is 3.95. The summed E-state index contributed by atoms with van der Waals surface area (Å²) < 4.78 is 1.43. The van der Waals surface area contributed by atoms with Gasteiger partial charge in [0.2, 0.25) is 0 Å². The van der Waals surface area contributed by atoms with Crippen molar-refractivity contribution in [1.29, 1.82) is 0 Å². The number of rotatable bonds is 3. The van der Waals surface area contributed by atoms with Crippen LogP contribution in [0.1, 0.15) is 10.5 Å². The van der Waals surface area contributed by atoms with Crippen LogP contribution >= 0.6 is 22.9 Å². The van der Waals surface area contributed by atoms with Gasteiger partial charge in [-0.2, -0.15) is 16.4 Å². The van der Waals surface area contributed by atoms with Crippen LogP contribution in [-0.4, -0.2) is 20.9 Å². The van der Waals surface area contributed by atoms with E-state index < -0.39 is 5.97 Å². The highest BCUT2D eigenvalue weighted by molar-refractivity contribution is 7.08. The number of hydrogen-bond donors (Lipinski definition) is 1. The predicted molar refractivity (Wildman–Crippen MR) is 78.8 cm³/mol. The first-order valence-corrected chi connectivity index (χ1v) is 7.09. The molecule has 4 nitrogen and oxygen atoms in total. The van der Waals surface area contributed by atoms with Crippen LogP contribution in [0, 0.1) is 0 Å². The topological polar surface area (TPSA) is 55.1 Å². The number of carboxylic acids is 1. The quantitative estimate of drug-likeness (QED) is 0.797. The van der Waals surface area contributed by atoms with Crippen molar-refractivity contribution in [2.24, 2.45) is 0 Å². The third kappa shape index (κ3) is 2.33. The molecule has 0 saturated heterocycles. The molecule has 1 N–H and O–H groups in total. The maximum absolute atomic E-state index is 11.3. The fourth-order valence-electron chi connectivity index (χ4n) is 1.87. The Hall–Kier alpha value is -2.11. The van der Waals surface area contributed by atoms with Crippen molar-refractivity contribution < 1.29 is 9.90 Å². The summed E-state index contributed by atoms with van der Waals surface area (Å²) in [7, 11) is 0. The number of thiophene rings is 1. The Bertz CT molecular complexity index is 748. The number of carboxylic acid groups (broad SMARTS) is 1. The van der Waals surface area contributed by atoms with Gasteiger partial charge in [-0.15, -0.1) is 0 Å². The number of carbonyl (C=O) groups is 1. The summed E-state index contributed by atoms with van der Waals surface area (Å²) in [6, 6.07) is 10.5. The van der Waals surface area contributed by atoms with E-state index in [-0.39, 0.29) is 5.69 Å². The molecule has 0 saturated carbocycles.